The summed E-state index contributed by atoms with van der Waals surface area (Å²) >= 11 is 0. The summed E-state index contributed by atoms with van der Waals surface area (Å²) in [6.07, 6.45) is 19.5. The molecule has 0 aromatic heterocycles. The molecule has 8 nitrogen and oxygen atoms in total. The summed E-state index contributed by atoms with van der Waals surface area (Å²) in [4.78, 5) is 23.8. The summed E-state index contributed by atoms with van der Waals surface area (Å²) in [7, 11) is 1.25. The van der Waals surface area contributed by atoms with E-state index in [2.05, 4.69) is 6.92 Å². The number of quaternary nitrogens is 1. The summed E-state index contributed by atoms with van der Waals surface area (Å²) in [5, 5.41) is 9.37. The Morgan fingerprint density at radius 2 is 1.25 bits per heavy atom. The summed E-state index contributed by atoms with van der Waals surface area (Å²) in [6.45, 7) is 1.78. The van der Waals surface area contributed by atoms with Crippen molar-refractivity contribution in [1.82, 2.24) is 0 Å². The van der Waals surface area contributed by atoms with Crippen molar-refractivity contribution in [3.8, 4) is 0 Å². The minimum atomic E-state index is -4.51. The number of carbonyl (C=O) groups excluding carboxylic acids is 1. The number of rotatable bonds is 26. The van der Waals surface area contributed by atoms with Crippen molar-refractivity contribution in [2.24, 2.45) is 0 Å². The number of carbonyl (C=O) groups is 1. The number of phosphoric ester groups is 1. The van der Waals surface area contributed by atoms with Crippen LogP contribution in [0.25, 0.3) is 0 Å². The summed E-state index contributed by atoms with van der Waals surface area (Å²) in [6, 6.07) is 0. The lowest BCUT2D eigenvalue weighted by molar-refractivity contribution is -0.870. The Morgan fingerprint density at radius 1 is 0.806 bits per heavy atom. The molecule has 0 heterocycles. The van der Waals surface area contributed by atoms with Crippen molar-refractivity contribution in [1.29, 1.82) is 0 Å². The van der Waals surface area contributed by atoms with Gasteiger partial charge in [0, 0.05) is 6.42 Å². The molecule has 0 radical (unpaired) electrons. The van der Waals surface area contributed by atoms with Gasteiger partial charge in [0.2, 0.25) is 0 Å². The number of ether oxygens (including phenoxy) is 1. The highest BCUT2D eigenvalue weighted by Crippen LogP contribution is 2.38. The third kappa shape index (κ3) is 25.2. The van der Waals surface area contributed by atoms with Gasteiger partial charge in [-0.05, 0) is 6.42 Å². The lowest BCUT2D eigenvalue weighted by atomic mass is 10.0. The SMILES string of the molecule is CCCCCCCCCCCCCCCCCCC(=O)O[C@@H](CO)COP(=O)([O-])OCC[N+](C)(C)C. The molecule has 0 spiro atoms. The highest BCUT2D eigenvalue weighted by Gasteiger charge is 2.19. The second kappa shape index (κ2) is 22.5. The van der Waals surface area contributed by atoms with Gasteiger partial charge >= 0.3 is 5.97 Å². The van der Waals surface area contributed by atoms with Crippen LogP contribution in [-0.2, 0) is 23.1 Å². The van der Waals surface area contributed by atoms with Gasteiger partial charge in [0.05, 0.1) is 34.4 Å². The predicted molar refractivity (Wildman–Crippen MR) is 144 cm³/mol. The minimum absolute atomic E-state index is 0.00683. The predicted octanol–water partition coefficient (Wildman–Crippen LogP) is 5.75. The third-order valence-electron chi connectivity index (χ3n) is 6.17. The van der Waals surface area contributed by atoms with Crippen LogP contribution in [0.1, 0.15) is 116 Å². The molecule has 0 aromatic carbocycles. The second-order valence-electron chi connectivity index (χ2n) is 10.9. The van der Waals surface area contributed by atoms with Gasteiger partial charge in [0.15, 0.2) is 0 Å². The van der Waals surface area contributed by atoms with E-state index in [-0.39, 0.29) is 13.0 Å². The molecule has 0 saturated heterocycles. The number of hydrogen-bond acceptors (Lipinski definition) is 7. The Bertz CT molecular complexity index is 569. The Hall–Kier alpha value is -0.500. The smallest absolute Gasteiger partial charge is 0.306 e. The van der Waals surface area contributed by atoms with E-state index in [0.29, 0.717) is 11.0 Å². The van der Waals surface area contributed by atoms with Gasteiger partial charge in [0.25, 0.3) is 7.82 Å². The standard InChI is InChI=1S/C27H56NO7P/c1-5-6-7-8-9-10-11-12-13-14-15-16-17-18-19-20-21-27(30)35-26(24-29)25-34-36(31,32)33-23-22-28(2,3)4/h26,29H,5-25H2,1-4H3/t26-/m0/s1. The maximum Gasteiger partial charge on any atom is 0.306 e. The Kier molecular flexibility index (Phi) is 22.2. The normalized spacial score (nSPS) is 14.5. The first-order chi connectivity index (χ1) is 17.1. The number of hydrogen-bond donors (Lipinski definition) is 1. The number of phosphoric acid groups is 1. The van der Waals surface area contributed by atoms with Crippen LogP contribution in [0, 0.1) is 0 Å². The van der Waals surface area contributed by atoms with Crippen LogP contribution in [0.2, 0.25) is 0 Å². The molecule has 0 rings (SSSR count). The Balaban J connectivity index is 3.65. The summed E-state index contributed by atoms with van der Waals surface area (Å²) in [5.41, 5.74) is 0. The van der Waals surface area contributed by atoms with Crippen molar-refractivity contribution in [3.05, 3.63) is 0 Å². The summed E-state index contributed by atoms with van der Waals surface area (Å²) in [5.74, 6) is -0.449. The van der Waals surface area contributed by atoms with Crippen LogP contribution < -0.4 is 4.89 Å². The van der Waals surface area contributed by atoms with E-state index in [4.69, 9.17) is 13.8 Å². The fourth-order valence-electron chi connectivity index (χ4n) is 3.82. The molecule has 2 atom stereocenters. The van der Waals surface area contributed by atoms with Gasteiger partial charge < -0.3 is 28.3 Å². The van der Waals surface area contributed by atoms with Gasteiger partial charge in [-0.1, -0.05) is 103 Å². The fraction of sp³-hybridized carbons (Fsp3) is 0.963. The number of esters is 1. The van der Waals surface area contributed by atoms with E-state index in [9.17, 15) is 19.4 Å². The van der Waals surface area contributed by atoms with Crippen LogP contribution in [0.3, 0.4) is 0 Å². The molecule has 0 fully saturated rings. The van der Waals surface area contributed by atoms with E-state index < -0.39 is 33.1 Å². The zero-order chi connectivity index (χ0) is 27.1. The lowest BCUT2D eigenvalue weighted by Gasteiger charge is -2.28. The van der Waals surface area contributed by atoms with E-state index in [1.807, 2.05) is 21.1 Å². The van der Waals surface area contributed by atoms with Crippen LogP contribution in [-0.4, -0.2) is 69.2 Å². The lowest BCUT2D eigenvalue weighted by Crippen LogP contribution is -2.37. The second-order valence-corrected chi connectivity index (χ2v) is 12.3. The zero-order valence-electron chi connectivity index (χ0n) is 23.7. The van der Waals surface area contributed by atoms with Crippen LogP contribution in [0.5, 0.6) is 0 Å². The van der Waals surface area contributed by atoms with Gasteiger partial charge in [-0.25, -0.2) is 0 Å². The topological polar surface area (TPSA) is 105 Å². The van der Waals surface area contributed by atoms with Gasteiger partial charge in [-0.15, -0.1) is 0 Å². The monoisotopic (exact) mass is 537 g/mol. The van der Waals surface area contributed by atoms with Crippen molar-refractivity contribution in [3.63, 3.8) is 0 Å². The maximum absolute atomic E-state index is 12.0. The van der Waals surface area contributed by atoms with Crippen molar-refractivity contribution < 1.29 is 37.6 Å². The van der Waals surface area contributed by atoms with Crippen LogP contribution in [0.15, 0.2) is 0 Å². The number of likely N-dealkylation sites (N-methyl/N-ethyl adjacent to an activating group) is 1. The molecule has 1 unspecified atom stereocenters. The first-order valence-electron chi connectivity index (χ1n) is 14.3. The number of nitrogens with zero attached hydrogens (tertiary/aromatic N) is 1. The maximum atomic E-state index is 12.0. The molecule has 0 aromatic rings. The highest BCUT2D eigenvalue weighted by molar-refractivity contribution is 7.45. The minimum Gasteiger partial charge on any atom is -0.756 e. The zero-order valence-corrected chi connectivity index (χ0v) is 24.6. The first kappa shape index (κ1) is 35.5. The van der Waals surface area contributed by atoms with Gasteiger partial charge in [-0.3, -0.25) is 9.36 Å². The number of aliphatic hydroxyl groups is 1. The largest absolute Gasteiger partial charge is 0.756 e. The number of unbranched alkanes of at least 4 members (excludes halogenated alkanes) is 15. The van der Waals surface area contributed by atoms with E-state index >= 15 is 0 Å². The molecule has 216 valence electrons. The molecule has 36 heavy (non-hydrogen) atoms. The Morgan fingerprint density at radius 3 is 1.67 bits per heavy atom. The molecular weight excluding hydrogens is 481 g/mol. The molecule has 0 saturated carbocycles. The third-order valence-corrected chi connectivity index (χ3v) is 7.13. The van der Waals surface area contributed by atoms with E-state index in [0.717, 1.165) is 19.3 Å². The molecule has 9 heteroatoms. The molecule has 0 aliphatic carbocycles. The van der Waals surface area contributed by atoms with Crippen molar-refractivity contribution >= 4 is 13.8 Å². The quantitative estimate of drug-likeness (QED) is 0.0648. The van der Waals surface area contributed by atoms with E-state index in [1.165, 1.54) is 83.5 Å². The molecule has 0 amide bonds. The molecule has 0 aliphatic heterocycles. The summed E-state index contributed by atoms with van der Waals surface area (Å²) < 4.78 is 27.1. The van der Waals surface area contributed by atoms with Gasteiger partial charge in [0.1, 0.15) is 19.3 Å². The average Bonchev–Trinajstić information content (AvgIpc) is 2.80. The van der Waals surface area contributed by atoms with Crippen molar-refractivity contribution in [2.75, 3.05) is 47.5 Å². The van der Waals surface area contributed by atoms with Crippen LogP contribution >= 0.6 is 7.82 Å². The molecule has 0 bridgehead atoms. The average molecular weight is 538 g/mol. The first-order valence-corrected chi connectivity index (χ1v) is 15.8. The molecule has 0 aliphatic rings. The van der Waals surface area contributed by atoms with Crippen LogP contribution in [0.4, 0.5) is 0 Å². The molecular formula is C27H56NO7P. The Labute approximate surface area is 221 Å². The number of aliphatic hydroxyl groups excluding tert-OH is 1. The van der Waals surface area contributed by atoms with Gasteiger partial charge in [-0.2, -0.15) is 0 Å². The van der Waals surface area contributed by atoms with E-state index in [1.54, 1.807) is 0 Å². The highest BCUT2D eigenvalue weighted by atomic mass is 31.2. The molecule has 1 N–H and O–H groups in total. The fourth-order valence-corrected chi connectivity index (χ4v) is 4.55. The van der Waals surface area contributed by atoms with Crippen molar-refractivity contribution in [2.45, 2.75) is 122 Å².